The summed E-state index contributed by atoms with van der Waals surface area (Å²) >= 11 is 5.02. The maximum atomic E-state index is 5.68. The average molecular weight is 258 g/mol. The van der Waals surface area contributed by atoms with Gasteiger partial charge in [0.2, 0.25) is 0 Å². The van der Waals surface area contributed by atoms with Crippen molar-refractivity contribution < 1.29 is 0 Å². The van der Waals surface area contributed by atoms with Crippen molar-refractivity contribution in [3.63, 3.8) is 0 Å². The van der Waals surface area contributed by atoms with Crippen molar-refractivity contribution in [3.8, 4) is 0 Å². The first-order valence-corrected chi connectivity index (χ1v) is 5.96. The first kappa shape index (κ1) is 12.4. The number of rotatable bonds is 4. The molecule has 0 aliphatic rings. The highest BCUT2D eigenvalue weighted by atomic mass is 32.1. The third-order valence-electron chi connectivity index (χ3n) is 2.59. The topological polar surface area (TPSA) is 55.0 Å². The molecule has 1 aromatic carbocycles. The van der Waals surface area contributed by atoms with Crippen LogP contribution < -0.4 is 10.6 Å². The van der Waals surface area contributed by atoms with Gasteiger partial charge in [-0.1, -0.05) is 42.5 Å². The van der Waals surface area contributed by atoms with Gasteiger partial charge >= 0.3 is 0 Å². The monoisotopic (exact) mass is 258 g/mol. The van der Waals surface area contributed by atoms with Crippen LogP contribution in [-0.4, -0.2) is 22.2 Å². The molecular weight excluding hydrogens is 244 g/mol. The fourth-order valence-electron chi connectivity index (χ4n) is 1.73. The van der Waals surface area contributed by atoms with Crippen molar-refractivity contribution in [3.05, 3.63) is 53.7 Å². The molecule has 2 aromatic rings. The lowest BCUT2D eigenvalue weighted by Crippen LogP contribution is -2.23. The van der Waals surface area contributed by atoms with E-state index in [1.54, 1.807) is 12.3 Å². The van der Waals surface area contributed by atoms with Crippen molar-refractivity contribution in [1.82, 2.24) is 10.2 Å². The van der Waals surface area contributed by atoms with Gasteiger partial charge in [0, 0.05) is 13.6 Å². The minimum atomic E-state index is 0.333. The van der Waals surface area contributed by atoms with E-state index in [2.05, 4.69) is 22.3 Å². The van der Waals surface area contributed by atoms with E-state index in [4.69, 9.17) is 18.0 Å². The van der Waals surface area contributed by atoms with Crippen LogP contribution in [0.15, 0.2) is 42.6 Å². The second-order valence-corrected chi connectivity index (χ2v) is 4.41. The van der Waals surface area contributed by atoms with Crippen molar-refractivity contribution in [2.75, 3.05) is 11.9 Å². The predicted molar refractivity (Wildman–Crippen MR) is 76.5 cm³/mol. The number of anilines is 1. The highest BCUT2D eigenvalue weighted by Crippen LogP contribution is 2.16. The summed E-state index contributed by atoms with van der Waals surface area (Å²) in [7, 11) is 1.94. The molecule has 92 valence electrons. The van der Waals surface area contributed by atoms with Gasteiger partial charge in [0.25, 0.3) is 0 Å². The molecule has 1 aromatic heterocycles. The summed E-state index contributed by atoms with van der Waals surface area (Å²) in [6.07, 6.45) is 1.59. The fraction of sp³-hybridized carbons (Fsp3) is 0.154. The first-order valence-electron chi connectivity index (χ1n) is 5.55. The van der Waals surface area contributed by atoms with Gasteiger partial charge in [0.15, 0.2) is 5.82 Å². The second-order valence-electron chi connectivity index (χ2n) is 3.97. The Bertz CT molecular complexity index is 542. The van der Waals surface area contributed by atoms with Crippen LogP contribution in [0.4, 0.5) is 5.82 Å². The molecule has 0 atom stereocenters. The molecule has 4 nitrogen and oxygen atoms in total. The maximum Gasteiger partial charge on any atom is 0.161 e. The first-order chi connectivity index (χ1) is 8.68. The number of nitrogens with two attached hydrogens (primary N) is 1. The zero-order chi connectivity index (χ0) is 13.0. The largest absolute Gasteiger partial charge is 0.389 e. The van der Waals surface area contributed by atoms with Crippen molar-refractivity contribution >= 4 is 23.0 Å². The third-order valence-corrected chi connectivity index (χ3v) is 2.81. The van der Waals surface area contributed by atoms with Crippen LogP contribution in [0, 0.1) is 0 Å². The smallest absolute Gasteiger partial charge is 0.161 e. The average Bonchev–Trinajstić information content (AvgIpc) is 2.40. The van der Waals surface area contributed by atoms with E-state index in [0.717, 1.165) is 12.1 Å². The molecule has 1 heterocycles. The molecule has 2 N–H and O–H groups in total. The quantitative estimate of drug-likeness (QED) is 0.847. The van der Waals surface area contributed by atoms with Gasteiger partial charge in [-0.05, 0) is 11.6 Å². The number of thiocarbonyl (C=S) groups is 1. The lowest BCUT2D eigenvalue weighted by atomic mass is 10.2. The molecular formula is C13H14N4S. The fourth-order valence-corrected chi connectivity index (χ4v) is 1.89. The van der Waals surface area contributed by atoms with E-state index < -0.39 is 0 Å². The Morgan fingerprint density at radius 1 is 1.28 bits per heavy atom. The van der Waals surface area contributed by atoms with E-state index in [0.29, 0.717) is 10.8 Å². The molecule has 0 aliphatic carbocycles. The predicted octanol–water partition coefficient (Wildman–Crippen LogP) is 1.75. The molecule has 0 unspecified atom stereocenters. The Balaban J connectivity index is 2.24. The van der Waals surface area contributed by atoms with Crippen LogP contribution in [0.2, 0.25) is 0 Å². The molecule has 0 saturated heterocycles. The number of hydrogen-bond acceptors (Lipinski definition) is 4. The summed E-state index contributed by atoms with van der Waals surface area (Å²) in [4.78, 5) is 2.32. The van der Waals surface area contributed by atoms with Crippen molar-refractivity contribution in [2.24, 2.45) is 5.73 Å². The molecule has 0 spiro atoms. The van der Waals surface area contributed by atoms with E-state index >= 15 is 0 Å². The minimum Gasteiger partial charge on any atom is -0.389 e. The zero-order valence-corrected chi connectivity index (χ0v) is 10.9. The van der Waals surface area contributed by atoms with Gasteiger partial charge in [0.1, 0.15) is 4.99 Å². The SMILES string of the molecule is CN(Cc1ccccc1)c1nnccc1C(N)=S. The molecule has 5 heteroatoms. The Morgan fingerprint density at radius 3 is 2.67 bits per heavy atom. The standard InChI is InChI=1S/C13H14N4S/c1-17(9-10-5-3-2-4-6-10)13-11(12(14)18)7-8-15-16-13/h2-8H,9H2,1H3,(H2,14,18). The minimum absolute atomic E-state index is 0.333. The third kappa shape index (κ3) is 2.81. The van der Waals surface area contributed by atoms with E-state index in [9.17, 15) is 0 Å². The van der Waals surface area contributed by atoms with Gasteiger partial charge in [0.05, 0.1) is 11.8 Å². The lowest BCUT2D eigenvalue weighted by Gasteiger charge is -2.19. The highest BCUT2D eigenvalue weighted by Gasteiger charge is 2.11. The molecule has 0 amide bonds. The van der Waals surface area contributed by atoms with E-state index in [1.807, 2.05) is 30.1 Å². The summed E-state index contributed by atoms with van der Waals surface area (Å²) in [6.45, 7) is 0.731. The molecule has 0 radical (unpaired) electrons. The molecule has 2 rings (SSSR count). The van der Waals surface area contributed by atoms with Gasteiger partial charge in [-0.2, -0.15) is 5.10 Å². The maximum absolute atomic E-state index is 5.68. The van der Waals surface area contributed by atoms with Gasteiger partial charge in [-0.25, -0.2) is 0 Å². The van der Waals surface area contributed by atoms with E-state index in [-0.39, 0.29) is 0 Å². The van der Waals surface area contributed by atoms with Crippen LogP contribution in [0.3, 0.4) is 0 Å². The van der Waals surface area contributed by atoms with Crippen LogP contribution in [0.1, 0.15) is 11.1 Å². The van der Waals surface area contributed by atoms with Crippen LogP contribution in [-0.2, 0) is 6.54 Å². The van der Waals surface area contributed by atoms with Crippen LogP contribution >= 0.6 is 12.2 Å². The summed E-state index contributed by atoms with van der Waals surface area (Å²) in [6, 6.07) is 11.9. The van der Waals surface area contributed by atoms with Crippen molar-refractivity contribution in [2.45, 2.75) is 6.54 Å². The number of hydrogen-bond donors (Lipinski definition) is 1. The molecule has 0 fully saturated rings. The summed E-state index contributed by atoms with van der Waals surface area (Å²) in [5, 5.41) is 7.99. The summed E-state index contributed by atoms with van der Waals surface area (Å²) in [5.41, 5.74) is 7.63. The number of aromatic nitrogens is 2. The summed E-state index contributed by atoms with van der Waals surface area (Å²) in [5.74, 6) is 0.703. The van der Waals surface area contributed by atoms with Crippen LogP contribution in [0.5, 0.6) is 0 Å². The van der Waals surface area contributed by atoms with E-state index in [1.165, 1.54) is 5.56 Å². The second kappa shape index (κ2) is 5.55. The van der Waals surface area contributed by atoms with Gasteiger partial charge in [-0.3, -0.25) is 0 Å². The van der Waals surface area contributed by atoms with Crippen LogP contribution in [0.25, 0.3) is 0 Å². The normalized spacial score (nSPS) is 10.1. The molecule has 0 bridgehead atoms. The number of benzene rings is 1. The Labute approximate surface area is 111 Å². The molecule has 18 heavy (non-hydrogen) atoms. The highest BCUT2D eigenvalue weighted by molar-refractivity contribution is 7.80. The summed E-state index contributed by atoms with van der Waals surface area (Å²) < 4.78 is 0. The number of nitrogens with zero attached hydrogens (tertiary/aromatic N) is 3. The Hall–Kier alpha value is -2.01. The molecule has 0 saturated carbocycles. The Morgan fingerprint density at radius 2 is 2.00 bits per heavy atom. The lowest BCUT2D eigenvalue weighted by molar-refractivity contribution is 0.864. The Kier molecular flexibility index (Phi) is 3.84. The van der Waals surface area contributed by atoms with Crippen molar-refractivity contribution in [1.29, 1.82) is 0 Å². The van der Waals surface area contributed by atoms with Gasteiger partial charge in [-0.15, -0.1) is 5.10 Å². The zero-order valence-electron chi connectivity index (χ0n) is 10.1. The van der Waals surface area contributed by atoms with Gasteiger partial charge < -0.3 is 10.6 Å². The molecule has 0 aliphatic heterocycles.